The molecular weight excluding hydrogens is 559 g/mol. The predicted octanol–water partition coefficient (Wildman–Crippen LogP) is 5.39. The van der Waals surface area contributed by atoms with E-state index in [1.54, 1.807) is 6.07 Å². The molecule has 1 saturated heterocycles. The summed E-state index contributed by atoms with van der Waals surface area (Å²) in [5, 5.41) is 14.0. The lowest BCUT2D eigenvalue weighted by Gasteiger charge is -2.35. The Labute approximate surface area is 243 Å². The monoisotopic (exact) mass is 595 g/mol. The van der Waals surface area contributed by atoms with Crippen molar-refractivity contribution in [3.8, 4) is 5.75 Å². The van der Waals surface area contributed by atoms with Crippen molar-refractivity contribution in [1.82, 2.24) is 10.2 Å². The number of nitrogens with one attached hydrogen (secondary N) is 1. The van der Waals surface area contributed by atoms with Crippen LogP contribution in [0.25, 0.3) is 0 Å². The van der Waals surface area contributed by atoms with Gasteiger partial charge >= 0.3 is 6.18 Å². The first-order valence-corrected chi connectivity index (χ1v) is 14.1. The number of aliphatic hydroxyl groups is 1. The molecule has 1 aliphatic carbocycles. The van der Waals surface area contributed by atoms with E-state index in [2.05, 4.69) is 10.2 Å². The van der Waals surface area contributed by atoms with Gasteiger partial charge in [-0.05, 0) is 81.2 Å². The molecule has 2 N–H and O–H groups in total. The molecule has 7 nitrogen and oxygen atoms in total. The Hall–Kier alpha value is -2.98. The Morgan fingerprint density at radius 1 is 1.20 bits per heavy atom. The van der Waals surface area contributed by atoms with Gasteiger partial charge in [0, 0.05) is 44.0 Å². The number of hydrogen-bond donors (Lipinski definition) is 2. The third kappa shape index (κ3) is 6.28. The first-order valence-electron chi connectivity index (χ1n) is 13.8. The smallest absolute Gasteiger partial charge is 0.430 e. The van der Waals surface area contributed by atoms with E-state index in [9.17, 15) is 27.9 Å². The highest BCUT2D eigenvalue weighted by Gasteiger charge is 2.62. The fourth-order valence-corrected chi connectivity index (χ4v) is 6.13. The van der Waals surface area contributed by atoms with Crippen molar-refractivity contribution >= 4 is 29.1 Å². The van der Waals surface area contributed by atoms with Crippen LogP contribution >= 0.6 is 11.6 Å². The predicted molar refractivity (Wildman–Crippen MR) is 151 cm³/mol. The average Bonchev–Trinajstić information content (AvgIpc) is 3.60. The second kappa shape index (κ2) is 11.7. The topological polar surface area (TPSA) is 82.1 Å². The fraction of sp³-hybridized carbons (Fsp3) is 0.533. The van der Waals surface area contributed by atoms with Crippen LogP contribution in [0.4, 0.5) is 18.9 Å². The molecule has 0 aromatic heterocycles. The second-order valence-corrected chi connectivity index (χ2v) is 11.9. The van der Waals surface area contributed by atoms with Crippen LogP contribution in [0.2, 0.25) is 5.02 Å². The Morgan fingerprint density at radius 3 is 2.46 bits per heavy atom. The number of ether oxygens (including phenoxy) is 1. The number of amides is 2. The molecule has 2 fully saturated rings. The minimum atomic E-state index is -5.21. The molecule has 1 spiro atoms. The summed E-state index contributed by atoms with van der Waals surface area (Å²) in [6.07, 6.45) is -1.87. The van der Waals surface area contributed by atoms with E-state index < -0.39 is 23.2 Å². The largest absolute Gasteiger partial charge is 0.497 e. The molecule has 1 aliphatic heterocycles. The molecule has 2 aliphatic rings. The lowest BCUT2D eigenvalue weighted by atomic mass is 9.89. The molecule has 2 aromatic carbocycles. The third-order valence-corrected chi connectivity index (χ3v) is 8.78. The SMILES string of the molecule is COc1cccc([C@@](O)(C(=O)N(C)CCC2CC23CCN(c2ccc(C(=O)NC(C)C)c(Cl)c2)CC3)C(F)(F)F)c1. The van der Waals surface area contributed by atoms with E-state index in [0.717, 1.165) is 55.1 Å². The normalized spacial score (nSPS) is 19.6. The molecule has 2 aromatic rings. The number of benzene rings is 2. The molecule has 0 radical (unpaired) electrons. The molecule has 224 valence electrons. The molecule has 1 saturated carbocycles. The quantitative estimate of drug-likeness (QED) is 0.406. The van der Waals surface area contributed by atoms with Gasteiger partial charge in [-0.3, -0.25) is 9.59 Å². The van der Waals surface area contributed by atoms with Crippen LogP contribution in [-0.4, -0.2) is 67.8 Å². The molecule has 1 unspecified atom stereocenters. The molecule has 1 heterocycles. The van der Waals surface area contributed by atoms with Crippen LogP contribution in [0.1, 0.15) is 55.5 Å². The van der Waals surface area contributed by atoms with Gasteiger partial charge in [0.15, 0.2) is 0 Å². The van der Waals surface area contributed by atoms with Gasteiger partial charge in [-0.25, -0.2) is 0 Å². The molecule has 41 heavy (non-hydrogen) atoms. The Morgan fingerprint density at radius 2 is 1.88 bits per heavy atom. The molecule has 2 atom stereocenters. The molecular formula is C30H37ClF3N3O4. The van der Waals surface area contributed by atoms with Crippen molar-refractivity contribution in [3.05, 3.63) is 58.6 Å². The highest BCUT2D eigenvalue weighted by atomic mass is 35.5. The van der Waals surface area contributed by atoms with E-state index >= 15 is 0 Å². The lowest BCUT2D eigenvalue weighted by molar-refractivity contribution is -0.261. The molecule has 2 amide bonds. The summed E-state index contributed by atoms with van der Waals surface area (Å²) in [7, 11) is 2.60. The van der Waals surface area contributed by atoms with Gasteiger partial charge in [0.2, 0.25) is 0 Å². The molecule has 0 bridgehead atoms. The number of carbonyl (C=O) groups is 2. The van der Waals surface area contributed by atoms with E-state index in [0.29, 0.717) is 22.9 Å². The van der Waals surface area contributed by atoms with Crippen LogP contribution in [0.3, 0.4) is 0 Å². The number of carbonyl (C=O) groups excluding carboxylic acids is 2. The van der Waals surface area contributed by atoms with Crippen LogP contribution in [-0.2, 0) is 10.4 Å². The Kier molecular flexibility index (Phi) is 8.85. The summed E-state index contributed by atoms with van der Waals surface area (Å²) < 4.78 is 47.2. The lowest BCUT2D eigenvalue weighted by Crippen LogP contribution is -2.55. The van der Waals surface area contributed by atoms with Gasteiger partial charge < -0.3 is 25.0 Å². The molecule has 11 heteroatoms. The first-order chi connectivity index (χ1) is 19.2. The van der Waals surface area contributed by atoms with Crippen molar-refractivity contribution in [2.24, 2.45) is 11.3 Å². The maximum absolute atomic E-state index is 14.1. The number of piperidine rings is 1. The maximum atomic E-state index is 14.1. The van der Waals surface area contributed by atoms with E-state index in [1.807, 2.05) is 26.0 Å². The van der Waals surface area contributed by atoms with Gasteiger partial charge in [-0.2, -0.15) is 13.2 Å². The number of hydrogen-bond acceptors (Lipinski definition) is 5. The maximum Gasteiger partial charge on any atom is 0.430 e. The summed E-state index contributed by atoms with van der Waals surface area (Å²) in [4.78, 5) is 28.6. The zero-order valence-corrected chi connectivity index (χ0v) is 24.5. The van der Waals surface area contributed by atoms with Gasteiger partial charge in [0.05, 0.1) is 17.7 Å². The van der Waals surface area contributed by atoms with E-state index in [1.165, 1.54) is 26.3 Å². The third-order valence-electron chi connectivity index (χ3n) is 8.47. The summed E-state index contributed by atoms with van der Waals surface area (Å²) in [5.41, 5.74) is -2.77. The Bertz CT molecular complexity index is 1280. The van der Waals surface area contributed by atoms with Gasteiger partial charge in [-0.15, -0.1) is 0 Å². The number of alkyl halides is 3. The van der Waals surface area contributed by atoms with Crippen molar-refractivity contribution < 1.29 is 32.6 Å². The minimum Gasteiger partial charge on any atom is -0.497 e. The van der Waals surface area contributed by atoms with Crippen LogP contribution < -0.4 is 15.0 Å². The number of likely N-dealkylation sites (N-methyl/N-ethyl adjacent to an activating group) is 1. The number of anilines is 1. The fourth-order valence-electron chi connectivity index (χ4n) is 5.87. The van der Waals surface area contributed by atoms with Crippen molar-refractivity contribution in [3.63, 3.8) is 0 Å². The van der Waals surface area contributed by atoms with Gasteiger partial charge in [0.1, 0.15) is 5.75 Å². The number of halogens is 4. The van der Waals surface area contributed by atoms with Crippen molar-refractivity contribution in [2.45, 2.75) is 57.3 Å². The summed E-state index contributed by atoms with van der Waals surface area (Å²) >= 11 is 6.42. The molecule has 4 rings (SSSR count). The zero-order valence-electron chi connectivity index (χ0n) is 23.7. The highest BCUT2D eigenvalue weighted by Crippen LogP contribution is 2.61. The van der Waals surface area contributed by atoms with Crippen molar-refractivity contribution in [1.29, 1.82) is 0 Å². The second-order valence-electron chi connectivity index (χ2n) is 11.5. The minimum absolute atomic E-state index is 0.00436. The number of nitrogens with zero attached hydrogens (tertiary/aromatic N) is 2. The summed E-state index contributed by atoms with van der Waals surface area (Å²) in [6.45, 7) is 5.46. The Balaban J connectivity index is 1.34. The van der Waals surface area contributed by atoms with Gasteiger partial charge in [0.25, 0.3) is 17.4 Å². The van der Waals surface area contributed by atoms with Crippen LogP contribution in [0.15, 0.2) is 42.5 Å². The van der Waals surface area contributed by atoms with E-state index in [-0.39, 0.29) is 29.7 Å². The number of methoxy groups -OCH3 is 1. The summed E-state index contributed by atoms with van der Waals surface area (Å²) in [6, 6.07) is 10.3. The standard InChI is InChI=1S/C30H37ClF3N3O4/c1-19(2)35-26(38)24-9-8-22(17-25(24)31)37-14-11-28(12-15-37)18-21(28)10-13-36(3)27(39)29(40,30(32,33)34)20-6-5-7-23(16-20)41-4/h5-9,16-17,19,21,40H,10-15,18H2,1-4H3,(H,35,38)/t21?,29-/m1/s1. The highest BCUT2D eigenvalue weighted by molar-refractivity contribution is 6.34. The summed E-state index contributed by atoms with van der Waals surface area (Å²) in [5.74, 6) is -1.22. The van der Waals surface area contributed by atoms with Crippen LogP contribution in [0.5, 0.6) is 5.75 Å². The first kappa shape index (κ1) is 31.0. The van der Waals surface area contributed by atoms with Crippen molar-refractivity contribution in [2.75, 3.05) is 38.7 Å². The van der Waals surface area contributed by atoms with E-state index in [4.69, 9.17) is 16.3 Å². The zero-order chi connectivity index (χ0) is 30.2. The average molecular weight is 596 g/mol. The van der Waals surface area contributed by atoms with Crippen LogP contribution in [0, 0.1) is 11.3 Å². The number of rotatable bonds is 9. The van der Waals surface area contributed by atoms with Gasteiger partial charge in [-0.1, -0.05) is 23.7 Å².